The third-order valence-corrected chi connectivity index (χ3v) is 5.94. The van der Waals surface area contributed by atoms with Crippen molar-refractivity contribution < 1.29 is 13.6 Å². The fourth-order valence-electron chi connectivity index (χ4n) is 0.880. The van der Waals surface area contributed by atoms with E-state index in [1.165, 1.54) is 6.08 Å². The molecule has 0 aromatic rings. The van der Waals surface area contributed by atoms with Gasteiger partial charge in [0.1, 0.15) is 9.76 Å². The van der Waals surface area contributed by atoms with Crippen molar-refractivity contribution in [2.24, 2.45) is 0 Å². The van der Waals surface area contributed by atoms with Crippen LogP contribution in [0.15, 0.2) is 12.2 Å². The van der Waals surface area contributed by atoms with Crippen molar-refractivity contribution in [1.82, 2.24) is 0 Å². The van der Waals surface area contributed by atoms with Gasteiger partial charge in [-0.25, -0.2) is 4.79 Å². The first kappa shape index (κ1) is 13.6. The highest BCUT2D eigenvalue weighted by Crippen LogP contribution is 1.93. The molecule has 0 saturated carbocycles. The molecule has 5 heteroatoms. The third-order valence-electron chi connectivity index (χ3n) is 1.54. The first-order valence-electron chi connectivity index (χ1n) is 5.08. The van der Waals surface area contributed by atoms with Gasteiger partial charge in [-0.1, -0.05) is 6.08 Å². The zero-order valence-electron chi connectivity index (χ0n) is 9.29. The lowest BCUT2D eigenvalue weighted by Gasteiger charge is -2.05. The Hall–Kier alpha value is -0.396. The van der Waals surface area contributed by atoms with Crippen LogP contribution in [0.3, 0.4) is 0 Å². The average molecular weight is 232 g/mol. The number of hydrogen-bond donors (Lipinski definition) is 0. The van der Waals surface area contributed by atoms with Crippen molar-refractivity contribution in [2.75, 3.05) is 6.61 Å². The van der Waals surface area contributed by atoms with Gasteiger partial charge in [0.2, 0.25) is 0 Å². The van der Waals surface area contributed by atoms with Crippen molar-refractivity contribution in [3.8, 4) is 0 Å². The Kier molecular flexibility index (Phi) is 8.91. The van der Waals surface area contributed by atoms with Crippen LogP contribution < -0.4 is 0 Å². The summed E-state index contributed by atoms with van der Waals surface area (Å²) in [6.07, 6.45) is 4.07. The number of carbonyl (C=O) groups excluding carboxylic acids is 1. The lowest BCUT2D eigenvalue weighted by atomic mass is 10.5. The number of carbonyl (C=O) groups is 1. The zero-order chi connectivity index (χ0) is 10.8. The lowest BCUT2D eigenvalue weighted by Crippen LogP contribution is -2.12. The van der Waals surface area contributed by atoms with E-state index >= 15 is 0 Å². The van der Waals surface area contributed by atoms with Gasteiger partial charge in [0.25, 0.3) is 0 Å². The maximum absolute atomic E-state index is 10.9. The highest BCUT2D eigenvalue weighted by atomic mass is 28.3. The van der Waals surface area contributed by atoms with Gasteiger partial charge in [0.05, 0.1) is 6.61 Å². The summed E-state index contributed by atoms with van der Waals surface area (Å²) in [6, 6.07) is 1.11. The molecule has 0 aromatic carbocycles. The summed E-state index contributed by atoms with van der Waals surface area (Å²) in [5.41, 5.74) is 0. The van der Waals surface area contributed by atoms with E-state index < -0.39 is 9.04 Å². The van der Waals surface area contributed by atoms with E-state index in [-0.39, 0.29) is 15.7 Å². The summed E-state index contributed by atoms with van der Waals surface area (Å²) in [4.78, 5) is 10.9. The second-order valence-corrected chi connectivity index (χ2v) is 7.84. The first-order valence-corrected chi connectivity index (χ1v) is 9.43. The molecule has 0 atom stereocenters. The van der Waals surface area contributed by atoms with E-state index in [0.717, 1.165) is 12.5 Å². The van der Waals surface area contributed by atoms with Crippen LogP contribution in [-0.2, 0) is 13.6 Å². The molecule has 0 radical (unpaired) electrons. The topological polar surface area (TPSA) is 35.5 Å². The van der Waals surface area contributed by atoms with E-state index in [9.17, 15) is 4.79 Å². The first-order chi connectivity index (χ1) is 6.66. The maximum atomic E-state index is 10.9. The minimum Gasteiger partial charge on any atom is -0.463 e. The van der Waals surface area contributed by atoms with Crippen molar-refractivity contribution in [1.29, 1.82) is 0 Å². The molecule has 0 aliphatic heterocycles. The van der Waals surface area contributed by atoms with Crippen LogP contribution in [0, 0.1) is 0 Å². The Morgan fingerprint density at radius 1 is 1.50 bits per heavy atom. The molecule has 0 aromatic heterocycles. The van der Waals surface area contributed by atoms with Crippen molar-refractivity contribution in [2.45, 2.75) is 32.5 Å². The van der Waals surface area contributed by atoms with E-state index in [2.05, 4.69) is 13.1 Å². The van der Waals surface area contributed by atoms with Crippen LogP contribution in [0.4, 0.5) is 0 Å². The summed E-state index contributed by atoms with van der Waals surface area (Å²) in [5.74, 6) is -0.242. The summed E-state index contributed by atoms with van der Waals surface area (Å²) < 4.78 is 10.6. The Labute approximate surface area is 90.2 Å². The minimum atomic E-state index is -0.810. The monoisotopic (exact) mass is 232 g/mol. The molecule has 0 rings (SSSR count). The lowest BCUT2D eigenvalue weighted by molar-refractivity contribution is -0.137. The molecule has 0 fully saturated rings. The van der Waals surface area contributed by atoms with Crippen LogP contribution in [-0.4, -0.2) is 31.4 Å². The van der Waals surface area contributed by atoms with Gasteiger partial charge in [-0.15, -0.1) is 0 Å². The van der Waals surface area contributed by atoms with Gasteiger partial charge in [-0.05, 0) is 32.5 Å². The SMILES string of the molecule is CC=CC(=O)OCCC[SiH2]O[SiH](C)C. The number of hydrogen-bond acceptors (Lipinski definition) is 3. The number of allylic oxidation sites excluding steroid dienone is 1. The van der Waals surface area contributed by atoms with Gasteiger partial charge < -0.3 is 8.85 Å². The Bertz CT molecular complexity index is 181. The maximum Gasteiger partial charge on any atom is 0.330 e. The van der Waals surface area contributed by atoms with Crippen LogP contribution in [0.2, 0.25) is 19.1 Å². The summed E-state index contributed by atoms with van der Waals surface area (Å²) in [5, 5.41) is 0. The number of esters is 1. The molecule has 0 bridgehead atoms. The van der Waals surface area contributed by atoms with E-state index in [1.807, 2.05) is 0 Å². The molecule has 14 heavy (non-hydrogen) atoms. The van der Waals surface area contributed by atoms with Crippen LogP contribution in [0.1, 0.15) is 13.3 Å². The normalized spacial score (nSPS) is 12.0. The van der Waals surface area contributed by atoms with E-state index in [0.29, 0.717) is 6.61 Å². The highest BCUT2D eigenvalue weighted by Gasteiger charge is 1.98. The molecule has 0 aliphatic carbocycles. The highest BCUT2D eigenvalue weighted by molar-refractivity contribution is 6.56. The van der Waals surface area contributed by atoms with Gasteiger partial charge in [0, 0.05) is 6.08 Å². The van der Waals surface area contributed by atoms with Crippen LogP contribution >= 0.6 is 0 Å². The minimum absolute atomic E-state index is 0.242. The van der Waals surface area contributed by atoms with Crippen molar-refractivity contribution in [3.05, 3.63) is 12.2 Å². The molecule has 0 heterocycles. The smallest absolute Gasteiger partial charge is 0.330 e. The van der Waals surface area contributed by atoms with Crippen molar-refractivity contribution >= 4 is 24.8 Å². The Morgan fingerprint density at radius 3 is 2.79 bits per heavy atom. The standard InChI is InChI=1S/C9H20O3Si2/c1-4-6-9(10)11-7-5-8-13-12-14(2)3/h4,6,14H,5,7-8,13H2,1-3H3. The van der Waals surface area contributed by atoms with Crippen LogP contribution in [0.25, 0.3) is 0 Å². The predicted octanol–water partition coefficient (Wildman–Crippen LogP) is 0.998. The fourth-order valence-corrected chi connectivity index (χ4v) is 3.84. The molecular weight excluding hydrogens is 212 g/mol. The largest absolute Gasteiger partial charge is 0.463 e. The van der Waals surface area contributed by atoms with Gasteiger partial charge in [-0.3, -0.25) is 0 Å². The molecule has 82 valence electrons. The predicted molar refractivity (Wildman–Crippen MR) is 63.7 cm³/mol. The second-order valence-electron chi connectivity index (χ2n) is 3.29. The Balaban J connectivity index is 3.17. The molecule has 0 saturated heterocycles. The molecule has 0 N–H and O–H groups in total. The molecular formula is C9H20O3Si2. The number of ether oxygens (including phenoxy) is 1. The Morgan fingerprint density at radius 2 is 2.21 bits per heavy atom. The van der Waals surface area contributed by atoms with E-state index in [1.54, 1.807) is 13.0 Å². The zero-order valence-corrected chi connectivity index (χ0v) is 11.9. The average Bonchev–Trinajstić information content (AvgIpc) is 2.11. The summed E-state index contributed by atoms with van der Waals surface area (Å²) in [6.45, 7) is 6.69. The van der Waals surface area contributed by atoms with Gasteiger partial charge >= 0.3 is 5.97 Å². The number of rotatable bonds is 7. The molecule has 0 unspecified atom stereocenters. The molecule has 0 spiro atoms. The van der Waals surface area contributed by atoms with Crippen molar-refractivity contribution in [3.63, 3.8) is 0 Å². The van der Waals surface area contributed by atoms with Crippen LogP contribution in [0.5, 0.6) is 0 Å². The molecule has 0 amide bonds. The van der Waals surface area contributed by atoms with Gasteiger partial charge in [0.15, 0.2) is 9.04 Å². The van der Waals surface area contributed by atoms with E-state index in [4.69, 9.17) is 8.85 Å². The summed E-state index contributed by atoms with van der Waals surface area (Å²) >= 11 is 0. The third kappa shape index (κ3) is 9.69. The quantitative estimate of drug-likeness (QED) is 0.284. The summed E-state index contributed by atoms with van der Waals surface area (Å²) in [7, 11) is -1.15. The molecule has 3 nitrogen and oxygen atoms in total. The fraction of sp³-hybridized carbons (Fsp3) is 0.667. The van der Waals surface area contributed by atoms with Gasteiger partial charge in [-0.2, -0.15) is 0 Å². The second kappa shape index (κ2) is 9.17. The molecule has 0 aliphatic rings.